The van der Waals surface area contributed by atoms with Gasteiger partial charge in [0.05, 0.1) is 17.8 Å². The Hall–Kier alpha value is -2.84. The molecule has 1 aromatic carbocycles. The highest BCUT2D eigenvalue weighted by atomic mass is 19.4. The number of carbonyl (C=O) groups is 1. The fraction of sp³-hybridized carbons (Fsp3) is 0.353. The Bertz CT molecular complexity index is 777. The maximum absolute atomic E-state index is 12.6. The average molecular weight is 367 g/mol. The highest BCUT2D eigenvalue weighted by Crippen LogP contribution is 2.24. The van der Waals surface area contributed by atoms with Gasteiger partial charge in [-0.05, 0) is 24.1 Å². The number of aryl methyl sites for hydroxylation is 1. The molecule has 9 heteroatoms. The second-order valence-corrected chi connectivity index (χ2v) is 5.99. The van der Waals surface area contributed by atoms with Crippen LogP contribution in [0.15, 0.2) is 30.3 Å². The number of hydrogen-bond acceptors (Lipinski definition) is 4. The van der Waals surface area contributed by atoms with Crippen LogP contribution in [0.3, 0.4) is 0 Å². The number of rotatable bonds is 5. The molecule has 6 nitrogen and oxygen atoms in total. The lowest BCUT2D eigenvalue weighted by Crippen LogP contribution is -2.30. The molecule has 0 saturated carbocycles. The number of carbonyl (C=O) groups excluding carboxylic acids is 1. The minimum atomic E-state index is -4.31. The molecule has 0 saturated heterocycles. The van der Waals surface area contributed by atoms with Crippen molar-refractivity contribution in [3.8, 4) is 0 Å². The Morgan fingerprint density at radius 2 is 1.81 bits per heavy atom. The number of amides is 2. The molecule has 0 fully saturated rings. The first-order valence-corrected chi connectivity index (χ1v) is 7.86. The fourth-order valence-corrected chi connectivity index (χ4v) is 2.37. The van der Waals surface area contributed by atoms with E-state index in [1.165, 1.54) is 6.07 Å². The lowest BCUT2D eigenvalue weighted by Gasteiger charge is -2.17. The summed E-state index contributed by atoms with van der Waals surface area (Å²) in [6.45, 7) is 1.72. The van der Waals surface area contributed by atoms with Gasteiger partial charge in [0, 0.05) is 20.6 Å². The van der Waals surface area contributed by atoms with Crippen LogP contribution in [0.5, 0.6) is 0 Å². The van der Waals surface area contributed by atoms with Crippen LogP contribution in [0.2, 0.25) is 0 Å². The number of nitrogens with one attached hydrogen (secondary N) is 2. The zero-order valence-electron chi connectivity index (χ0n) is 14.7. The van der Waals surface area contributed by atoms with Crippen molar-refractivity contribution in [2.75, 3.05) is 24.3 Å². The van der Waals surface area contributed by atoms with E-state index in [2.05, 4.69) is 20.8 Å². The van der Waals surface area contributed by atoms with Crippen molar-refractivity contribution in [3.63, 3.8) is 0 Å². The maximum Gasteiger partial charge on any atom is 0.393 e. The van der Waals surface area contributed by atoms with Gasteiger partial charge in [0.25, 0.3) is 0 Å². The maximum atomic E-state index is 12.6. The standard InChI is InChI=1S/C17H20F3N5O/c1-11-8-14(15(24-23-11)25(2)3)22-16(26)21-10-13-7-5-4-6-12(13)9-17(18,19)20/h4-8H,9-10H2,1-3H3,(H2,21,22,23,26). The molecule has 2 aromatic rings. The molecule has 2 N–H and O–H groups in total. The number of hydrogen-bond donors (Lipinski definition) is 2. The van der Waals surface area contributed by atoms with E-state index in [4.69, 9.17) is 0 Å². The van der Waals surface area contributed by atoms with Gasteiger partial charge in [0.1, 0.15) is 0 Å². The number of halogens is 3. The zero-order valence-corrected chi connectivity index (χ0v) is 14.7. The van der Waals surface area contributed by atoms with Gasteiger partial charge in [-0.1, -0.05) is 24.3 Å². The summed E-state index contributed by atoms with van der Waals surface area (Å²) in [5, 5.41) is 13.2. The number of urea groups is 1. The number of benzene rings is 1. The molecule has 140 valence electrons. The van der Waals surface area contributed by atoms with Gasteiger partial charge < -0.3 is 15.5 Å². The first-order chi connectivity index (χ1) is 12.2. The molecule has 0 unspecified atom stereocenters. The van der Waals surface area contributed by atoms with Gasteiger partial charge >= 0.3 is 12.2 Å². The van der Waals surface area contributed by atoms with Gasteiger partial charge in [-0.3, -0.25) is 0 Å². The number of anilines is 2. The normalized spacial score (nSPS) is 11.2. The molecule has 0 bridgehead atoms. The molecule has 0 aliphatic rings. The molecule has 26 heavy (non-hydrogen) atoms. The molecule has 1 aromatic heterocycles. The largest absolute Gasteiger partial charge is 0.393 e. The van der Waals surface area contributed by atoms with E-state index < -0.39 is 18.6 Å². The number of alkyl halides is 3. The highest BCUT2D eigenvalue weighted by molar-refractivity contribution is 5.92. The van der Waals surface area contributed by atoms with Gasteiger partial charge in [-0.25, -0.2) is 4.79 Å². The summed E-state index contributed by atoms with van der Waals surface area (Å²) in [5.41, 5.74) is 1.64. The fourth-order valence-electron chi connectivity index (χ4n) is 2.37. The lowest BCUT2D eigenvalue weighted by atomic mass is 10.0. The van der Waals surface area contributed by atoms with Crippen LogP contribution >= 0.6 is 0 Å². The Morgan fingerprint density at radius 3 is 2.42 bits per heavy atom. The third-order valence-electron chi connectivity index (χ3n) is 3.52. The monoisotopic (exact) mass is 367 g/mol. The Balaban J connectivity index is 2.06. The van der Waals surface area contributed by atoms with Crippen LogP contribution in [-0.2, 0) is 13.0 Å². The van der Waals surface area contributed by atoms with Crippen LogP contribution in [0.1, 0.15) is 16.8 Å². The third kappa shape index (κ3) is 5.61. The second kappa shape index (κ2) is 8.03. The summed E-state index contributed by atoms with van der Waals surface area (Å²) in [6.07, 6.45) is -5.34. The van der Waals surface area contributed by atoms with Crippen molar-refractivity contribution in [3.05, 3.63) is 47.2 Å². The topological polar surface area (TPSA) is 70.2 Å². The molecule has 1 heterocycles. The van der Waals surface area contributed by atoms with Crippen LogP contribution < -0.4 is 15.5 Å². The smallest absolute Gasteiger partial charge is 0.360 e. The van der Waals surface area contributed by atoms with Crippen molar-refractivity contribution >= 4 is 17.5 Å². The van der Waals surface area contributed by atoms with E-state index in [0.717, 1.165) is 0 Å². The van der Waals surface area contributed by atoms with Gasteiger partial charge in [-0.15, -0.1) is 5.10 Å². The molecular weight excluding hydrogens is 347 g/mol. The first kappa shape index (κ1) is 19.5. The Labute approximate surface area is 149 Å². The van der Waals surface area contributed by atoms with E-state index in [-0.39, 0.29) is 12.1 Å². The minimum absolute atomic E-state index is 0.0210. The Kier molecular flexibility index (Phi) is 6.01. The molecule has 0 spiro atoms. The summed E-state index contributed by atoms with van der Waals surface area (Å²) >= 11 is 0. The molecule has 2 rings (SSSR count). The van der Waals surface area contributed by atoms with Crippen LogP contribution in [0, 0.1) is 6.92 Å². The second-order valence-electron chi connectivity index (χ2n) is 5.99. The molecule has 2 amide bonds. The van der Waals surface area contributed by atoms with E-state index in [1.807, 2.05) is 0 Å². The molecule has 0 radical (unpaired) electrons. The van der Waals surface area contributed by atoms with Crippen molar-refractivity contribution in [1.82, 2.24) is 15.5 Å². The van der Waals surface area contributed by atoms with Gasteiger partial charge in [0.2, 0.25) is 0 Å². The summed E-state index contributed by atoms with van der Waals surface area (Å²) in [6, 6.07) is 7.27. The van der Waals surface area contributed by atoms with Crippen molar-refractivity contribution < 1.29 is 18.0 Å². The van der Waals surface area contributed by atoms with Crippen LogP contribution in [0.4, 0.5) is 29.5 Å². The molecule has 0 aliphatic heterocycles. The molecule has 0 aliphatic carbocycles. The molecular formula is C17H20F3N5O. The lowest BCUT2D eigenvalue weighted by molar-refractivity contribution is -0.127. The minimum Gasteiger partial charge on any atom is -0.360 e. The zero-order chi connectivity index (χ0) is 19.3. The highest BCUT2D eigenvalue weighted by Gasteiger charge is 2.28. The number of aromatic nitrogens is 2. The summed E-state index contributed by atoms with van der Waals surface area (Å²) in [7, 11) is 3.52. The predicted molar refractivity (Wildman–Crippen MR) is 93.2 cm³/mol. The third-order valence-corrected chi connectivity index (χ3v) is 3.52. The predicted octanol–water partition coefficient (Wildman–Crippen LogP) is 3.28. The van der Waals surface area contributed by atoms with Crippen molar-refractivity contribution in [2.24, 2.45) is 0 Å². The van der Waals surface area contributed by atoms with E-state index in [9.17, 15) is 18.0 Å². The van der Waals surface area contributed by atoms with E-state index in [1.54, 1.807) is 50.2 Å². The van der Waals surface area contributed by atoms with E-state index in [0.29, 0.717) is 22.8 Å². The van der Waals surface area contributed by atoms with E-state index >= 15 is 0 Å². The number of nitrogens with zero attached hydrogens (tertiary/aromatic N) is 3. The molecule has 0 atom stereocenters. The SMILES string of the molecule is Cc1cc(NC(=O)NCc2ccccc2CC(F)(F)F)c(N(C)C)nn1. The summed E-state index contributed by atoms with van der Waals surface area (Å²) in [5.74, 6) is 0.475. The quantitative estimate of drug-likeness (QED) is 0.851. The van der Waals surface area contributed by atoms with Gasteiger partial charge in [0.15, 0.2) is 5.82 Å². The van der Waals surface area contributed by atoms with Crippen LogP contribution in [0.25, 0.3) is 0 Å². The van der Waals surface area contributed by atoms with Crippen LogP contribution in [-0.4, -0.2) is 36.5 Å². The van der Waals surface area contributed by atoms with Crippen molar-refractivity contribution in [2.45, 2.75) is 26.1 Å². The summed E-state index contributed by atoms with van der Waals surface area (Å²) in [4.78, 5) is 13.9. The Morgan fingerprint density at radius 1 is 1.15 bits per heavy atom. The van der Waals surface area contributed by atoms with Gasteiger partial charge in [-0.2, -0.15) is 18.3 Å². The summed E-state index contributed by atoms with van der Waals surface area (Å²) < 4.78 is 37.9. The average Bonchev–Trinajstić information content (AvgIpc) is 2.52. The van der Waals surface area contributed by atoms with Crippen molar-refractivity contribution in [1.29, 1.82) is 0 Å². The first-order valence-electron chi connectivity index (χ1n) is 7.86.